The Labute approximate surface area is 120 Å². The highest BCUT2D eigenvalue weighted by Gasteiger charge is 2.18. The van der Waals surface area contributed by atoms with Gasteiger partial charge >= 0.3 is 5.97 Å². The van der Waals surface area contributed by atoms with E-state index in [0.717, 1.165) is 0 Å². The van der Waals surface area contributed by atoms with Crippen molar-refractivity contribution in [1.82, 2.24) is 5.32 Å². The van der Waals surface area contributed by atoms with E-state index in [1.807, 2.05) is 6.92 Å². The second kappa shape index (κ2) is 7.83. The molecule has 0 spiro atoms. The van der Waals surface area contributed by atoms with Gasteiger partial charge in [-0.3, -0.25) is 14.9 Å². The molecule has 0 aromatic heterocycles. The molecular formula is C13H16N2O6. The highest BCUT2D eigenvalue weighted by molar-refractivity contribution is 5.84. The van der Waals surface area contributed by atoms with Gasteiger partial charge in [-0.2, -0.15) is 0 Å². The van der Waals surface area contributed by atoms with Crippen LogP contribution in [0, 0.1) is 10.1 Å². The van der Waals surface area contributed by atoms with E-state index in [0.29, 0.717) is 12.8 Å². The Hall–Kier alpha value is -2.64. The number of hydrogen-bond donors (Lipinski definition) is 2. The topological polar surface area (TPSA) is 119 Å². The predicted octanol–water partition coefficient (Wildman–Crippen LogP) is 1.34. The van der Waals surface area contributed by atoms with Crippen LogP contribution in [0.5, 0.6) is 5.75 Å². The van der Waals surface area contributed by atoms with Gasteiger partial charge in [0.15, 0.2) is 6.61 Å². The molecule has 0 saturated carbocycles. The van der Waals surface area contributed by atoms with Gasteiger partial charge in [-0.15, -0.1) is 0 Å². The van der Waals surface area contributed by atoms with Crippen molar-refractivity contribution < 1.29 is 24.4 Å². The Morgan fingerprint density at radius 1 is 1.38 bits per heavy atom. The van der Waals surface area contributed by atoms with Crippen molar-refractivity contribution in [2.24, 2.45) is 0 Å². The lowest BCUT2D eigenvalue weighted by Crippen LogP contribution is -2.42. The van der Waals surface area contributed by atoms with Gasteiger partial charge in [0.25, 0.3) is 11.6 Å². The third kappa shape index (κ3) is 5.47. The molecule has 21 heavy (non-hydrogen) atoms. The van der Waals surface area contributed by atoms with Crippen LogP contribution in [-0.4, -0.2) is 34.6 Å². The summed E-state index contributed by atoms with van der Waals surface area (Å²) in [5.41, 5.74) is -0.0827. The van der Waals surface area contributed by atoms with E-state index in [1.165, 1.54) is 24.3 Å². The van der Waals surface area contributed by atoms with Gasteiger partial charge in [-0.1, -0.05) is 13.3 Å². The number of carboxylic acid groups (broad SMARTS) is 1. The van der Waals surface area contributed by atoms with Gasteiger partial charge in [-0.05, 0) is 18.6 Å². The molecule has 1 atom stereocenters. The van der Waals surface area contributed by atoms with E-state index >= 15 is 0 Å². The Balaban J connectivity index is 2.48. The zero-order valence-electron chi connectivity index (χ0n) is 11.4. The molecule has 0 radical (unpaired) electrons. The second-order valence-electron chi connectivity index (χ2n) is 4.29. The van der Waals surface area contributed by atoms with E-state index in [2.05, 4.69) is 5.32 Å². The number of nitro benzene ring substituents is 1. The maximum Gasteiger partial charge on any atom is 0.326 e. The standard InChI is InChI=1S/C13H16N2O6/c1-2-3-11(13(17)18)14-12(16)8-21-10-6-4-9(5-7-10)15(19)20/h4-7,11H,2-3,8H2,1H3,(H,14,16)(H,17,18)/t11-/m1/s1. The monoisotopic (exact) mass is 296 g/mol. The Bertz CT molecular complexity index is 514. The van der Waals surface area contributed by atoms with Crippen LogP contribution in [0.25, 0.3) is 0 Å². The smallest absolute Gasteiger partial charge is 0.326 e. The first-order chi connectivity index (χ1) is 9.93. The highest BCUT2D eigenvalue weighted by atomic mass is 16.6. The van der Waals surface area contributed by atoms with Crippen molar-refractivity contribution in [3.05, 3.63) is 34.4 Å². The van der Waals surface area contributed by atoms with Crippen LogP contribution in [0.3, 0.4) is 0 Å². The predicted molar refractivity (Wildman–Crippen MR) is 73.1 cm³/mol. The molecule has 0 fully saturated rings. The molecule has 0 heterocycles. The van der Waals surface area contributed by atoms with Crippen LogP contribution in [-0.2, 0) is 9.59 Å². The summed E-state index contributed by atoms with van der Waals surface area (Å²) in [6.45, 7) is 1.46. The number of rotatable bonds is 8. The molecule has 1 amide bonds. The highest BCUT2D eigenvalue weighted by Crippen LogP contribution is 2.17. The number of carboxylic acids is 1. The zero-order valence-corrected chi connectivity index (χ0v) is 11.4. The summed E-state index contributed by atoms with van der Waals surface area (Å²) in [4.78, 5) is 32.4. The molecule has 2 N–H and O–H groups in total. The van der Waals surface area contributed by atoms with Crippen molar-refractivity contribution in [2.75, 3.05) is 6.61 Å². The fraction of sp³-hybridized carbons (Fsp3) is 0.385. The largest absolute Gasteiger partial charge is 0.484 e. The van der Waals surface area contributed by atoms with Gasteiger partial charge in [0.2, 0.25) is 0 Å². The summed E-state index contributed by atoms with van der Waals surface area (Å²) in [7, 11) is 0. The molecule has 0 bridgehead atoms. The first-order valence-electron chi connectivity index (χ1n) is 6.33. The molecule has 0 aliphatic carbocycles. The van der Waals surface area contributed by atoms with Crippen LogP contribution in [0.2, 0.25) is 0 Å². The molecule has 0 aliphatic rings. The van der Waals surface area contributed by atoms with Crippen LogP contribution >= 0.6 is 0 Å². The quantitative estimate of drug-likeness (QED) is 0.552. The summed E-state index contributed by atoms with van der Waals surface area (Å²) >= 11 is 0. The van der Waals surface area contributed by atoms with Gasteiger partial charge in [0.05, 0.1) is 4.92 Å². The number of hydrogen-bond acceptors (Lipinski definition) is 5. The maximum absolute atomic E-state index is 11.6. The van der Waals surface area contributed by atoms with E-state index in [9.17, 15) is 19.7 Å². The van der Waals surface area contributed by atoms with E-state index in [4.69, 9.17) is 9.84 Å². The number of carbonyl (C=O) groups excluding carboxylic acids is 1. The maximum atomic E-state index is 11.6. The molecule has 0 aliphatic heterocycles. The van der Waals surface area contributed by atoms with Gasteiger partial charge in [-0.25, -0.2) is 4.79 Å². The van der Waals surface area contributed by atoms with E-state index in [-0.39, 0.29) is 18.0 Å². The number of nitrogens with zero attached hydrogens (tertiary/aromatic N) is 1. The van der Waals surface area contributed by atoms with Gasteiger partial charge in [0, 0.05) is 12.1 Å². The van der Waals surface area contributed by atoms with E-state index in [1.54, 1.807) is 0 Å². The molecular weight excluding hydrogens is 280 g/mol. The van der Waals surface area contributed by atoms with E-state index < -0.39 is 22.8 Å². The number of non-ortho nitro benzene ring substituents is 1. The summed E-state index contributed by atoms with van der Waals surface area (Å²) < 4.78 is 5.13. The van der Waals surface area contributed by atoms with Gasteiger partial charge in [0.1, 0.15) is 11.8 Å². The number of nitrogens with one attached hydrogen (secondary N) is 1. The van der Waals surface area contributed by atoms with Gasteiger partial charge < -0.3 is 15.2 Å². The average Bonchev–Trinajstić information content (AvgIpc) is 2.45. The van der Waals surface area contributed by atoms with Crippen LogP contribution in [0.15, 0.2) is 24.3 Å². The Morgan fingerprint density at radius 2 is 2.00 bits per heavy atom. The molecule has 114 valence electrons. The van der Waals surface area contributed by atoms with Crippen LogP contribution in [0.4, 0.5) is 5.69 Å². The summed E-state index contributed by atoms with van der Waals surface area (Å²) in [5.74, 6) is -1.37. The van der Waals surface area contributed by atoms with Crippen molar-refractivity contribution in [3.8, 4) is 5.75 Å². The van der Waals surface area contributed by atoms with Crippen molar-refractivity contribution >= 4 is 17.6 Å². The van der Waals surface area contributed by atoms with Crippen LogP contribution < -0.4 is 10.1 Å². The third-order valence-electron chi connectivity index (χ3n) is 2.63. The number of carbonyl (C=O) groups is 2. The molecule has 0 unspecified atom stereocenters. The normalized spacial score (nSPS) is 11.5. The average molecular weight is 296 g/mol. The minimum atomic E-state index is -1.10. The lowest BCUT2D eigenvalue weighted by molar-refractivity contribution is -0.384. The number of aliphatic carboxylic acids is 1. The summed E-state index contributed by atoms with van der Waals surface area (Å²) in [6.07, 6.45) is 0.957. The lowest BCUT2D eigenvalue weighted by Gasteiger charge is -2.13. The number of amides is 1. The summed E-state index contributed by atoms with van der Waals surface area (Å²) in [6, 6.07) is 4.30. The molecule has 1 rings (SSSR count). The van der Waals surface area contributed by atoms with Crippen LogP contribution in [0.1, 0.15) is 19.8 Å². The first-order valence-corrected chi connectivity index (χ1v) is 6.33. The van der Waals surface area contributed by atoms with Crippen molar-refractivity contribution in [2.45, 2.75) is 25.8 Å². The number of nitro groups is 1. The zero-order chi connectivity index (χ0) is 15.8. The minimum Gasteiger partial charge on any atom is -0.484 e. The third-order valence-corrected chi connectivity index (χ3v) is 2.63. The Kier molecular flexibility index (Phi) is 6.12. The summed E-state index contributed by atoms with van der Waals surface area (Å²) in [5, 5.41) is 21.7. The van der Waals surface area contributed by atoms with Crippen molar-refractivity contribution in [3.63, 3.8) is 0 Å². The lowest BCUT2D eigenvalue weighted by atomic mass is 10.2. The van der Waals surface area contributed by atoms with Crippen molar-refractivity contribution in [1.29, 1.82) is 0 Å². The molecule has 1 aromatic rings. The molecule has 0 saturated heterocycles. The number of benzene rings is 1. The number of ether oxygens (including phenoxy) is 1. The fourth-order valence-corrected chi connectivity index (χ4v) is 1.60. The molecule has 8 nitrogen and oxygen atoms in total. The molecule has 1 aromatic carbocycles. The second-order valence-corrected chi connectivity index (χ2v) is 4.29. The molecule has 8 heteroatoms. The minimum absolute atomic E-state index is 0.0827. The fourth-order valence-electron chi connectivity index (χ4n) is 1.60. The first kappa shape index (κ1) is 16.4. The Morgan fingerprint density at radius 3 is 2.48 bits per heavy atom. The SMILES string of the molecule is CCC[C@@H](NC(=O)COc1ccc([N+](=O)[O-])cc1)C(=O)O.